The molecule has 0 aliphatic rings. The molecular formula is C8H11NO3. The third-order valence-corrected chi connectivity index (χ3v) is 1.43. The van der Waals surface area contributed by atoms with Gasteiger partial charge >= 0.3 is 0 Å². The molecule has 0 aliphatic carbocycles. The Morgan fingerprint density at radius 2 is 2.50 bits per heavy atom. The van der Waals surface area contributed by atoms with Gasteiger partial charge in [-0.15, -0.1) is 0 Å². The average Bonchev–Trinajstić information content (AvgIpc) is 2.50. The van der Waals surface area contributed by atoms with Crippen molar-refractivity contribution in [1.29, 1.82) is 0 Å². The molecular weight excluding hydrogens is 158 g/mol. The number of aryl methyl sites for hydroxylation is 1. The normalized spacial score (nSPS) is 10.1. The van der Waals surface area contributed by atoms with Gasteiger partial charge in [-0.3, -0.25) is 0 Å². The number of aliphatic hydroxyl groups excluding tert-OH is 1. The van der Waals surface area contributed by atoms with Crippen LogP contribution in [-0.2, 0) is 17.6 Å². The van der Waals surface area contributed by atoms with Crippen LogP contribution in [0.2, 0.25) is 0 Å². The fourth-order valence-corrected chi connectivity index (χ4v) is 0.870. The molecule has 0 saturated heterocycles. The topological polar surface area (TPSA) is 63.3 Å². The maximum Gasteiger partial charge on any atom is 0.194 e. The molecule has 4 nitrogen and oxygen atoms in total. The standard InChI is InChI=1S/C8H11NO3/c10-4-1-2-8-9-6-7(12-8)3-5-11/h5-6,10H,1-4H2. The van der Waals surface area contributed by atoms with Gasteiger partial charge in [-0.1, -0.05) is 0 Å². The molecule has 0 aliphatic heterocycles. The van der Waals surface area contributed by atoms with E-state index in [2.05, 4.69) is 4.98 Å². The van der Waals surface area contributed by atoms with Crippen LogP contribution < -0.4 is 0 Å². The number of aldehydes is 1. The average molecular weight is 169 g/mol. The second kappa shape index (κ2) is 4.66. The largest absolute Gasteiger partial charge is 0.445 e. The molecule has 12 heavy (non-hydrogen) atoms. The van der Waals surface area contributed by atoms with E-state index in [4.69, 9.17) is 9.52 Å². The highest BCUT2D eigenvalue weighted by atomic mass is 16.4. The summed E-state index contributed by atoms with van der Waals surface area (Å²) in [6.07, 6.45) is 3.85. The number of aromatic nitrogens is 1. The van der Waals surface area contributed by atoms with Crippen LogP contribution in [0.1, 0.15) is 18.1 Å². The van der Waals surface area contributed by atoms with Crippen molar-refractivity contribution in [1.82, 2.24) is 4.98 Å². The quantitative estimate of drug-likeness (QED) is 0.645. The van der Waals surface area contributed by atoms with E-state index in [-0.39, 0.29) is 13.0 Å². The molecule has 0 atom stereocenters. The van der Waals surface area contributed by atoms with Crippen molar-refractivity contribution in [2.45, 2.75) is 19.3 Å². The van der Waals surface area contributed by atoms with Gasteiger partial charge in [-0.05, 0) is 6.42 Å². The highest BCUT2D eigenvalue weighted by Crippen LogP contribution is 2.05. The van der Waals surface area contributed by atoms with Crippen LogP contribution in [0.5, 0.6) is 0 Å². The fraction of sp³-hybridized carbons (Fsp3) is 0.500. The van der Waals surface area contributed by atoms with Gasteiger partial charge in [0, 0.05) is 13.0 Å². The third kappa shape index (κ3) is 2.47. The number of oxazole rings is 1. The molecule has 0 bridgehead atoms. The van der Waals surface area contributed by atoms with E-state index >= 15 is 0 Å². The summed E-state index contributed by atoms with van der Waals surface area (Å²) >= 11 is 0. The molecule has 1 aromatic rings. The molecule has 0 spiro atoms. The molecule has 1 aromatic heterocycles. The molecule has 0 fully saturated rings. The monoisotopic (exact) mass is 169 g/mol. The van der Waals surface area contributed by atoms with E-state index in [1.165, 1.54) is 0 Å². The van der Waals surface area contributed by atoms with Crippen molar-refractivity contribution in [2.75, 3.05) is 6.61 Å². The smallest absolute Gasteiger partial charge is 0.194 e. The van der Waals surface area contributed by atoms with Crippen LogP contribution in [0.3, 0.4) is 0 Å². The van der Waals surface area contributed by atoms with Crippen molar-refractivity contribution in [3.63, 3.8) is 0 Å². The minimum absolute atomic E-state index is 0.130. The van der Waals surface area contributed by atoms with Gasteiger partial charge in [0.2, 0.25) is 0 Å². The van der Waals surface area contributed by atoms with Gasteiger partial charge < -0.3 is 14.3 Å². The minimum Gasteiger partial charge on any atom is -0.445 e. The van der Waals surface area contributed by atoms with Crippen LogP contribution in [-0.4, -0.2) is 23.0 Å². The van der Waals surface area contributed by atoms with Crippen LogP contribution in [0, 0.1) is 0 Å². The summed E-state index contributed by atoms with van der Waals surface area (Å²) in [6.45, 7) is 0.130. The Kier molecular flexibility index (Phi) is 3.47. The molecule has 0 amide bonds. The molecule has 1 rings (SSSR count). The van der Waals surface area contributed by atoms with Gasteiger partial charge in [-0.2, -0.15) is 0 Å². The number of carbonyl (C=O) groups is 1. The molecule has 1 heterocycles. The van der Waals surface area contributed by atoms with Crippen LogP contribution in [0.15, 0.2) is 10.6 Å². The van der Waals surface area contributed by atoms with Crippen molar-refractivity contribution in [3.05, 3.63) is 17.8 Å². The van der Waals surface area contributed by atoms with E-state index in [1.807, 2.05) is 0 Å². The molecule has 0 unspecified atom stereocenters. The van der Waals surface area contributed by atoms with Crippen LogP contribution in [0.25, 0.3) is 0 Å². The maximum atomic E-state index is 10.1. The summed E-state index contributed by atoms with van der Waals surface area (Å²) in [5, 5.41) is 8.51. The van der Waals surface area contributed by atoms with Gasteiger partial charge in [0.15, 0.2) is 5.89 Å². The molecule has 4 heteroatoms. The van der Waals surface area contributed by atoms with Crippen molar-refractivity contribution >= 4 is 6.29 Å². The first-order valence-corrected chi connectivity index (χ1v) is 3.85. The predicted molar refractivity (Wildman–Crippen MR) is 41.7 cm³/mol. The first kappa shape index (κ1) is 8.93. The second-order valence-corrected chi connectivity index (χ2v) is 2.42. The van der Waals surface area contributed by atoms with Gasteiger partial charge in [-0.25, -0.2) is 4.98 Å². The van der Waals surface area contributed by atoms with E-state index in [1.54, 1.807) is 6.20 Å². The zero-order valence-electron chi connectivity index (χ0n) is 6.69. The van der Waals surface area contributed by atoms with E-state index in [0.29, 0.717) is 24.5 Å². The number of hydrogen-bond acceptors (Lipinski definition) is 4. The van der Waals surface area contributed by atoms with Crippen LogP contribution >= 0.6 is 0 Å². The summed E-state index contributed by atoms with van der Waals surface area (Å²) in [4.78, 5) is 14.0. The first-order valence-electron chi connectivity index (χ1n) is 3.85. The molecule has 0 aromatic carbocycles. The molecule has 0 radical (unpaired) electrons. The SMILES string of the molecule is O=CCc1cnc(CCCO)o1. The Morgan fingerprint density at radius 1 is 1.67 bits per heavy atom. The number of nitrogens with zero attached hydrogens (tertiary/aromatic N) is 1. The Morgan fingerprint density at radius 3 is 3.17 bits per heavy atom. The minimum atomic E-state index is 0.130. The Hall–Kier alpha value is -1.16. The highest BCUT2D eigenvalue weighted by molar-refractivity contribution is 5.52. The summed E-state index contributed by atoms with van der Waals surface area (Å²) in [5.74, 6) is 1.17. The fourth-order valence-electron chi connectivity index (χ4n) is 0.870. The number of aliphatic hydroxyl groups is 1. The predicted octanol–water partition coefficient (Wildman–Crippen LogP) is 0.341. The lowest BCUT2D eigenvalue weighted by molar-refractivity contribution is -0.107. The van der Waals surface area contributed by atoms with Crippen molar-refractivity contribution in [2.24, 2.45) is 0 Å². The number of hydrogen-bond donors (Lipinski definition) is 1. The first-order chi connectivity index (χ1) is 5.86. The van der Waals surface area contributed by atoms with E-state index in [9.17, 15) is 4.79 Å². The lowest BCUT2D eigenvalue weighted by Crippen LogP contribution is -1.88. The van der Waals surface area contributed by atoms with E-state index in [0.717, 1.165) is 6.29 Å². The lowest BCUT2D eigenvalue weighted by atomic mass is 10.3. The number of carbonyl (C=O) groups excluding carboxylic acids is 1. The Bertz CT molecular complexity index is 244. The summed E-state index contributed by atoms with van der Waals surface area (Å²) < 4.78 is 5.17. The van der Waals surface area contributed by atoms with Crippen molar-refractivity contribution in [3.8, 4) is 0 Å². The molecule has 1 N–H and O–H groups in total. The van der Waals surface area contributed by atoms with Crippen LogP contribution in [0.4, 0.5) is 0 Å². The Labute approximate surface area is 70.2 Å². The zero-order valence-corrected chi connectivity index (χ0v) is 6.69. The summed E-state index contributed by atoms with van der Waals surface area (Å²) in [6, 6.07) is 0. The molecule has 66 valence electrons. The third-order valence-electron chi connectivity index (χ3n) is 1.43. The van der Waals surface area contributed by atoms with Gasteiger partial charge in [0.05, 0.1) is 12.6 Å². The van der Waals surface area contributed by atoms with Crippen molar-refractivity contribution < 1.29 is 14.3 Å². The lowest BCUT2D eigenvalue weighted by Gasteiger charge is -1.90. The zero-order chi connectivity index (χ0) is 8.81. The number of rotatable bonds is 5. The maximum absolute atomic E-state index is 10.1. The van der Waals surface area contributed by atoms with Gasteiger partial charge in [0.25, 0.3) is 0 Å². The highest BCUT2D eigenvalue weighted by Gasteiger charge is 2.01. The van der Waals surface area contributed by atoms with Gasteiger partial charge in [0.1, 0.15) is 12.0 Å². The Balaban J connectivity index is 2.46. The van der Waals surface area contributed by atoms with E-state index < -0.39 is 0 Å². The molecule has 0 saturated carbocycles. The second-order valence-electron chi connectivity index (χ2n) is 2.42. The summed E-state index contributed by atoms with van der Waals surface area (Å²) in [5.41, 5.74) is 0. The summed E-state index contributed by atoms with van der Waals surface area (Å²) in [7, 11) is 0.